The van der Waals surface area contributed by atoms with Crippen LogP contribution in [0.5, 0.6) is 0 Å². The SMILES string of the molecule is CCC(CC)NC(=O)COC(=O)c1cccnc1Sc1ccccc1. The van der Waals surface area contributed by atoms with Crippen molar-refractivity contribution >= 4 is 23.6 Å². The Labute approximate surface area is 152 Å². The molecule has 0 aliphatic heterocycles. The maximum atomic E-state index is 12.3. The number of nitrogens with zero attached hydrogens (tertiary/aromatic N) is 1. The second-order valence-electron chi connectivity index (χ2n) is 5.43. The van der Waals surface area contributed by atoms with Gasteiger partial charge in [-0.2, -0.15) is 0 Å². The summed E-state index contributed by atoms with van der Waals surface area (Å²) in [6.45, 7) is 3.71. The minimum absolute atomic E-state index is 0.105. The second-order valence-corrected chi connectivity index (χ2v) is 6.49. The van der Waals surface area contributed by atoms with Crippen molar-refractivity contribution in [3.63, 3.8) is 0 Å². The van der Waals surface area contributed by atoms with Gasteiger partial charge in [-0.25, -0.2) is 9.78 Å². The Hall–Kier alpha value is -2.34. The largest absolute Gasteiger partial charge is 0.452 e. The molecule has 25 heavy (non-hydrogen) atoms. The van der Waals surface area contributed by atoms with Crippen LogP contribution in [-0.2, 0) is 9.53 Å². The van der Waals surface area contributed by atoms with Gasteiger partial charge < -0.3 is 10.1 Å². The van der Waals surface area contributed by atoms with Gasteiger partial charge in [-0.1, -0.05) is 43.8 Å². The lowest BCUT2D eigenvalue weighted by atomic mass is 10.2. The number of ether oxygens (including phenoxy) is 1. The maximum Gasteiger partial charge on any atom is 0.341 e. The molecule has 1 aromatic carbocycles. The van der Waals surface area contributed by atoms with Crippen LogP contribution in [0.15, 0.2) is 58.6 Å². The molecule has 0 bridgehead atoms. The molecule has 6 heteroatoms. The summed E-state index contributed by atoms with van der Waals surface area (Å²) in [4.78, 5) is 29.4. The number of hydrogen-bond acceptors (Lipinski definition) is 5. The van der Waals surface area contributed by atoms with Gasteiger partial charge in [-0.05, 0) is 37.1 Å². The molecule has 2 rings (SSSR count). The number of carbonyl (C=O) groups is 2. The lowest BCUT2D eigenvalue weighted by Gasteiger charge is -2.14. The molecule has 1 aromatic heterocycles. The van der Waals surface area contributed by atoms with Crippen LogP contribution in [0.25, 0.3) is 0 Å². The van der Waals surface area contributed by atoms with E-state index in [0.29, 0.717) is 10.6 Å². The molecule has 5 nitrogen and oxygen atoms in total. The number of carbonyl (C=O) groups excluding carboxylic acids is 2. The first-order chi connectivity index (χ1) is 12.1. The Morgan fingerprint density at radius 2 is 1.84 bits per heavy atom. The molecule has 0 saturated carbocycles. The molecule has 132 valence electrons. The van der Waals surface area contributed by atoms with Crippen LogP contribution in [0.3, 0.4) is 0 Å². The molecular formula is C19H22N2O3S. The van der Waals surface area contributed by atoms with E-state index in [1.807, 2.05) is 44.2 Å². The molecule has 0 fully saturated rings. The molecule has 1 N–H and O–H groups in total. The van der Waals surface area contributed by atoms with Crippen molar-refractivity contribution in [2.75, 3.05) is 6.61 Å². The van der Waals surface area contributed by atoms with Crippen molar-refractivity contribution in [1.82, 2.24) is 10.3 Å². The fourth-order valence-electron chi connectivity index (χ4n) is 2.20. The second kappa shape index (κ2) is 9.84. The zero-order valence-corrected chi connectivity index (χ0v) is 15.2. The summed E-state index contributed by atoms with van der Waals surface area (Å²) in [5.74, 6) is -0.838. The van der Waals surface area contributed by atoms with Crippen molar-refractivity contribution in [3.05, 3.63) is 54.2 Å². The highest BCUT2D eigenvalue weighted by Gasteiger charge is 2.17. The quantitative estimate of drug-likeness (QED) is 0.729. The fraction of sp³-hybridized carbons (Fsp3) is 0.316. The van der Waals surface area contributed by atoms with Crippen molar-refractivity contribution in [1.29, 1.82) is 0 Å². The number of hydrogen-bond donors (Lipinski definition) is 1. The summed E-state index contributed by atoms with van der Waals surface area (Å²) in [6, 6.07) is 13.1. The minimum atomic E-state index is -0.550. The van der Waals surface area contributed by atoms with Gasteiger partial charge in [0.1, 0.15) is 5.03 Å². The first kappa shape index (κ1) is 19.0. The van der Waals surface area contributed by atoms with Gasteiger partial charge in [0.05, 0.1) is 5.56 Å². The number of pyridine rings is 1. The molecule has 0 saturated heterocycles. The minimum Gasteiger partial charge on any atom is -0.452 e. The molecule has 0 atom stereocenters. The van der Waals surface area contributed by atoms with Gasteiger partial charge in [-0.3, -0.25) is 4.79 Å². The van der Waals surface area contributed by atoms with Crippen LogP contribution < -0.4 is 5.32 Å². The van der Waals surface area contributed by atoms with Gasteiger partial charge in [0.2, 0.25) is 0 Å². The monoisotopic (exact) mass is 358 g/mol. The molecular weight excluding hydrogens is 336 g/mol. The molecule has 1 heterocycles. The van der Waals surface area contributed by atoms with E-state index in [1.54, 1.807) is 18.3 Å². The van der Waals surface area contributed by atoms with Crippen LogP contribution in [0.2, 0.25) is 0 Å². The Kier molecular flexibility index (Phi) is 7.47. The van der Waals surface area contributed by atoms with Crippen molar-refractivity contribution in [2.45, 2.75) is 42.7 Å². The highest BCUT2D eigenvalue weighted by atomic mass is 32.2. The lowest BCUT2D eigenvalue weighted by molar-refractivity contribution is -0.125. The van der Waals surface area contributed by atoms with Crippen molar-refractivity contribution < 1.29 is 14.3 Å². The summed E-state index contributed by atoms with van der Waals surface area (Å²) in [5.41, 5.74) is 0.353. The predicted octanol–water partition coefficient (Wildman–Crippen LogP) is 3.69. The highest BCUT2D eigenvalue weighted by Crippen LogP contribution is 2.28. The summed E-state index contributed by atoms with van der Waals surface area (Å²) in [7, 11) is 0. The van der Waals surface area contributed by atoms with E-state index in [-0.39, 0.29) is 18.6 Å². The van der Waals surface area contributed by atoms with Gasteiger partial charge in [0.15, 0.2) is 6.61 Å². The molecule has 0 unspecified atom stereocenters. The van der Waals surface area contributed by atoms with Gasteiger partial charge in [0, 0.05) is 17.1 Å². The molecule has 0 spiro atoms. The van der Waals surface area contributed by atoms with E-state index in [1.165, 1.54) is 11.8 Å². The average molecular weight is 358 g/mol. The third-order valence-electron chi connectivity index (χ3n) is 3.63. The van der Waals surface area contributed by atoms with Crippen molar-refractivity contribution in [2.24, 2.45) is 0 Å². The van der Waals surface area contributed by atoms with E-state index >= 15 is 0 Å². The summed E-state index contributed by atoms with van der Waals surface area (Å²) >= 11 is 1.38. The van der Waals surface area contributed by atoms with Crippen LogP contribution in [0, 0.1) is 0 Å². The van der Waals surface area contributed by atoms with E-state index in [9.17, 15) is 9.59 Å². The molecule has 2 aromatic rings. The third kappa shape index (κ3) is 5.90. The highest BCUT2D eigenvalue weighted by molar-refractivity contribution is 7.99. The summed E-state index contributed by atoms with van der Waals surface area (Å²) in [6.07, 6.45) is 3.31. The molecule has 1 amide bonds. The molecule has 0 radical (unpaired) electrons. The van der Waals surface area contributed by atoms with E-state index in [4.69, 9.17) is 4.74 Å². The number of benzene rings is 1. The Morgan fingerprint density at radius 3 is 2.52 bits per heavy atom. The Balaban J connectivity index is 1.99. The van der Waals surface area contributed by atoms with Gasteiger partial charge in [-0.15, -0.1) is 0 Å². The van der Waals surface area contributed by atoms with E-state index in [0.717, 1.165) is 17.7 Å². The Bertz CT molecular complexity index is 703. The van der Waals surface area contributed by atoms with E-state index in [2.05, 4.69) is 10.3 Å². The molecule has 0 aliphatic carbocycles. The van der Waals surface area contributed by atoms with Crippen LogP contribution in [-0.4, -0.2) is 29.5 Å². The standard InChI is InChI=1S/C19H22N2O3S/c1-3-14(4-2)21-17(22)13-24-19(23)16-11-8-12-20-18(16)25-15-9-6-5-7-10-15/h5-12,14H,3-4,13H2,1-2H3,(H,21,22). The zero-order valence-electron chi connectivity index (χ0n) is 14.4. The van der Waals surface area contributed by atoms with Crippen LogP contribution in [0.1, 0.15) is 37.0 Å². The fourth-order valence-corrected chi connectivity index (χ4v) is 3.09. The number of nitrogens with one attached hydrogen (secondary N) is 1. The van der Waals surface area contributed by atoms with Gasteiger partial charge >= 0.3 is 5.97 Å². The molecule has 0 aliphatic rings. The first-order valence-corrected chi connectivity index (χ1v) is 9.10. The van der Waals surface area contributed by atoms with Gasteiger partial charge in [0.25, 0.3) is 5.91 Å². The summed E-state index contributed by atoms with van der Waals surface area (Å²) in [5, 5.41) is 3.40. The van der Waals surface area contributed by atoms with E-state index < -0.39 is 5.97 Å². The predicted molar refractivity (Wildman–Crippen MR) is 97.6 cm³/mol. The Morgan fingerprint density at radius 1 is 1.12 bits per heavy atom. The number of esters is 1. The van der Waals surface area contributed by atoms with Crippen LogP contribution in [0.4, 0.5) is 0 Å². The number of amides is 1. The summed E-state index contributed by atoms with van der Waals surface area (Å²) < 4.78 is 5.15. The number of rotatable bonds is 8. The average Bonchev–Trinajstić information content (AvgIpc) is 2.65. The lowest BCUT2D eigenvalue weighted by Crippen LogP contribution is -2.36. The maximum absolute atomic E-state index is 12.3. The normalized spacial score (nSPS) is 10.5. The number of aromatic nitrogens is 1. The zero-order chi connectivity index (χ0) is 18.1. The topological polar surface area (TPSA) is 68.3 Å². The first-order valence-electron chi connectivity index (χ1n) is 8.28. The smallest absolute Gasteiger partial charge is 0.341 e. The van der Waals surface area contributed by atoms with Crippen molar-refractivity contribution in [3.8, 4) is 0 Å². The van der Waals surface area contributed by atoms with Crippen LogP contribution >= 0.6 is 11.8 Å². The third-order valence-corrected chi connectivity index (χ3v) is 4.66.